The highest BCUT2D eigenvalue weighted by Gasteiger charge is 2.15. The zero-order valence-electron chi connectivity index (χ0n) is 10.8. The van der Waals surface area contributed by atoms with E-state index in [1.54, 1.807) is 30.3 Å². The molecule has 1 N–H and O–H groups in total. The Morgan fingerprint density at radius 3 is 2.53 bits per heavy atom. The summed E-state index contributed by atoms with van der Waals surface area (Å²) in [5, 5.41) is 3.70. The molecule has 2 aromatic rings. The van der Waals surface area contributed by atoms with Gasteiger partial charge in [-0.3, -0.25) is 4.72 Å². The summed E-state index contributed by atoms with van der Waals surface area (Å²) < 4.78 is 31.4. The second-order valence-corrected chi connectivity index (χ2v) is 6.34. The first-order valence-corrected chi connectivity index (χ1v) is 7.62. The molecule has 0 atom stereocenters. The van der Waals surface area contributed by atoms with Crippen LogP contribution in [-0.2, 0) is 15.8 Å². The molecule has 1 aromatic carbocycles. The summed E-state index contributed by atoms with van der Waals surface area (Å²) in [7, 11) is -3.47. The molecule has 6 heteroatoms. The van der Waals surface area contributed by atoms with E-state index in [1.165, 1.54) is 0 Å². The van der Waals surface area contributed by atoms with Crippen molar-refractivity contribution in [2.45, 2.75) is 25.5 Å². The van der Waals surface area contributed by atoms with E-state index in [4.69, 9.17) is 4.52 Å². The lowest BCUT2D eigenvalue weighted by atomic mass is 10.2. The normalized spacial score (nSPS) is 11.7. The SMILES string of the molecule is CC(C)c1cc(NS(=O)(=O)Cc2ccccc2)no1. The predicted octanol–water partition coefficient (Wildman–Crippen LogP) is 2.74. The van der Waals surface area contributed by atoms with E-state index in [1.807, 2.05) is 19.9 Å². The summed E-state index contributed by atoms with van der Waals surface area (Å²) >= 11 is 0. The number of benzene rings is 1. The number of nitrogens with one attached hydrogen (secondary N) is 1. The highest BCUT2D eigenvalue weighted by Crippen LogP contribution is 2.19. The minimum Gasteiger partial charge on any atom is -0.359 e. The summed E-state index contributed by atoms with van der Waals surface area (Å²) in [5.74, 6) is 0.953. The molecule has 0 fully saturated rings. The van der Waals surface area contributed by atoms with Crippen LogP contribution in [0.25, 0.3) is 0 Å². The smallest absolute Gasteiger partial charge is 0.238 e. The Morgan fingerprint density at radius 2 is 1.95 bits per heavy atom. The summed E-state index contributed by atoms with van der Waals surface area (Å²) in [5.41, 5.74) is 0.725. The Morgan fingerprint density at radius 1 is 1.26 bits per heavy atom. The summed E-state index contributed by atoms with van der Waals surface area (Å²) in [6, 6.07) is 10.6. The monoisotopic (exact) mass is 280 g/mol. The lowest BCUT2D eigenvalue weighted by Gasteiger charge is -2.04. The summed E-state index contributed by atoms with van der Waals surface area (Å²) in [6.07, 6.45) is 0. The first kappa shape index (κ1) is 13.6. The molecule has 0 radical (unpaired) electrons. The Balaban J connectivity index is 2.08. The Hall–Kier alpha value is -1.82. The van der Waals surface area contributed by atoms with E-state index in [2.05, 4.69) is 9.88 Å². The van der Waals surface area contributed by atoms with Crippen molar-refractivity contribution in [1.82, 2.24) is 5.16 Å². The minimum atomic E-state index is -3.47. The highest BCUT2D eigenvalue weighted by atomic mass is 32.2. The van der Waals surface area contributed by atoms with E-state index < -0.39 is 10.0 Å². The molecule has 0 spiro atoms. The first-order valence-electron chi connectivity index (χ1n) is 5.97. The predicted molar refractivity (Wildman–Crippen MR) is 73.3 cm³/mol. The highest BCUT2D eigenvalue weighted by molar-refractivity contribution is 7.91. The maximum absolute atomic E-state index is 12.0. The molecule has 102 valence electrons. The second kappa shape index (κ2) is 5.44. The number of sulfonamides is 1. The maximum Gasteiger partial charge on any atom is 0.238 e. The molecule has 0 bridgehead atoms. The third-order valence-corrected chi connectivity index (χ3v) is 3.79. The Bertz CT molecular complexity index is 633. The lowest BCUT2D eigenvalue weighted by molar-refractivity contribution is 0.373. The van der Waals surface area contributed by atoms with Crippen LogP contribution in [0.15, 0.2) is 40.9 Å². The van der Waals surface area contributed by atoms with Crippen molar-refractivity contribution in [3.8, 4) is 0 Å². The van der Waals surface area contributed by atoms with Crippen LogP contribution in [0.5, 0.6) is 0 Å². The first-order chi connectivity index (χ1) is 8.96. The molecule has 0 unspecified atom stereocenters. The third-order valence-electron chi connectivity index (χ3n) is 2.56. The quantitative estimate of drug-likeness (QED) is 0.914. The van der Waals surface area contributed by atoms with Gasteiger partial charge >= 0.3 is 0 Å². The summed E-state index contributed by atoms with van der Waals surface area (Å²) in [6.45, 7) is 3.89. The fourth-order valence-corrected chi connectivity index (χ4v) is 2.72. The van der Waals surface area contributed by atoms with Crippen LogP contribution in [0.3, 0.4) is 0 Å². The maximum atomic E-state index is 12.0. The molecule has 0 amide bonds. The number of nitrogens with zero attached hydrogens (tertiary/aromatic N) is 1. The van der Waals surface area contributed by atoms with Crippen LogP contribution in [0, 0.1) is 0 Å². The van der Waals surface area contributed by atoms with Crippen molar-refractivity contribution in [1.29, 1.82) is 0 Å². The number of rotatable bonds is 5. The molecule has 0 aliphatic rings. The van der Waals surface area contributed by atoms with Gasteiger partial charge in [0.15, 0.2) is 5.82 Å². The van der Waals surface area contributed by atoms with Gasteiger partial charge in [0.2, 0.25) is 10.0 Å². The average Bonchev–Trinajstić information content (AvgIpc) is 2.77. The van der Waals surface area contributed by atoms with Crippen LogP contribution >= 0.6 is 0 Å². The summed E-state index contributed by atoms with van der Waals surface area (Å²) in [4.78, 5) is 0. The van der Waals surface area contributed by atoms with Gasteiger partial charge in [-0.15, -0.1) is 0 Å². The van der Waals surface area contributed by atoms with Gasteiger partial charge in [0.05, 0.1) is 5.75 Å². The molecule has 0 aliphatic carbocycles. The average molecular weight is 280 g/mol. The minimum absolute atomic E-state index is 0.0856. The van der Waals surface area contributed by atoms with Gasteiger partial charge in [-0.05, 0) is 5.56 Å². The van der Waals surface area contributed by atoms with E-state index in [9.17, 15) is 8.42 Å². The van der Waals surface area contributed by atoms with Crippen molar-refractivity contribution in [2.24, 2.45) is 0 Å². The Labute approximate surface area is 112 Å². The van der Waals surface area contributed by atoms with Crippen LogP contribution in [0.1, 0.15) is 31.1 Å². The van der Waals surface area contributed by atoms with Crippen LogP contribution < -0.4 is 4.72 Å². The molecule has 5 nitrogen and oxygen atoms in total. The fraction of sp³-hybridized carbons (Fsp3) is 0.308. The van der Waals surface area contributed by atoms with Crippen molar-refractivity contribution >= 4 is 15.8 Å². The van der Waals surface area contributed by atoms with E-state index in [0.717, 1.165) is 5.56 Å². The third kappa shape index (κ3) is 3.82. The molecule has 2 rings (SSSR count). The standard InChI is InChI=1S/C13H16N2O3S/c1-10(2)12-8-13(14-18-12)15-19(16,17)9-11-6-4-3-5-7-11/h3-8,10H,9H2,1-2H3,(H,14,15). The number of anilines is 1. The molecule has 0 aliphatic heterocycles. The van der Waals surface area contributed by atoms with Crippen LogP contribution in [-0.4, -0.2) is 13.6 Å². The zero-order valence-corrected chi connectivity index (χ0v) is 11.6. The van der Waals surface area contributed by atoms with Gasteiger partial charge in [0, 0.05) is 12.0 Å². The van der Waals surface area contributed by atoms with E-state index in [-0.39, 0.29) is 17.5 Å². The number of hydrogen-bond acceptors (Lipinski definition) is 4. The van der Waals surface area contributed by atoms with E-state index in [0.29, 0.717) is 5.76 Å². The van der Waals surface area contributed by atoms with Gasteiger partial charge in [-0.2, -0.15) is 0 Å². The van der Waals surface area contributed by atoms with Crippen molar-refractivity contribution < 1.29 is 12.9 Å². The molecule has 0 saturated carbocycles. The number of hydrogen-bond donors (Lipinski definition) is 1. The van der Waals surface area contributed by atoms with Crippen molar-refractivity contribution in [3.63, 3.8) is 0 Å². The second-order valence-electron chi connectivity index (χ2n) is 4.62. The topological polar surface area (TPSA) is 72.2 Å². The molecular formula is C13H16N2O3S. The van der Waals surface area contributed by atoms with Gasteiger partial charge < -0.3 is 4.52 Å². The lowest BCUT2D eigenvalue weighted by Crippen LogP contribution is -2.15. The van der Waals surface area contributed by atoms with Crippen molar-refractivity contribution in [3.05, 3.63) is 47.7 Å². The molecular weight excluding hydrogens is 264 g/mol. The molecule has 19 heavy (non-hydrogen) atoms. The van der Waals surface area contributed by atoms with Gasteiger partial charge in [-0.1, -0.05) is 49.3 Å². The number of aromatic nitrogens is 1. The molecule has 1 heterocycles. The molecule has 1 aromatic heterocycles. The van der Waals surface area contributed by atoms with E-state index >= 15 is 0 Å². The van der Waals surface area contributed by atoms with Gasteiger partial charge in [-0.25, -0.2) is 8.42 Å². The van der Waals surface area contributed by atoms with Crippen LogP contribution in [0.4, 0.5) is 5.82 Å². The largest absolute Gasteiger partial charge is 0.359 e. The Kier molecular flexibility index (Phi) is 3.90. The van der Waals surface area contributed by atoms with Gasteiger partial charge in [0.1, 0.15) is 5.76 Å². The molecule has 0 saturated heterocycles. The fourth-order valence-electron chi connectivity index (χ4n) is 1.60. The zero-order chi connectivity index (χ0) is 13.9. The van der Waals surface area contributed by atoms with Crippen molar-refractivity contribution in [2.75, 3.05) is 4.72 Å². The van der Waals surface area contributed by atoms with Gasteiger partial charge in [0.25, 0.3) is 0 Å². The van der Waals surface area contributed by atoms with Crippen LogP contribution in [0.2, 0.25) is 0 Å².